The number of aromatic nitrogens is 3. The maximum Gasteiger partial charge on any atom is 0.406 e. The summed E-state index contributed by atoms with van der Waals surface area (Å²) in [6.45, 7) is 1.84. The average molecular weight is 406 g/mol. The van der Waals surface area contributed by atoms with E-state index in [-0.39, 0.29) is 12.1 Å². The lowest BCUT2D eigenvalue weighted by atomic mass is 10.1. The molecule has 0 aliphatic heterocycles. The van der Waals surface area contributed by atoms with E-state index >= 15 is 0 Å². The van der Waals surface area contributed by atoms with E-state index in [4.69, 9.17) is 4.74 Å². The highest BCUT2D eigenvalue weighted by molar-refractivity contribution is 6.06. The van der Waals surface area contributed by atoms with Crippen molar-refractivity contribution < 1.29 is 22.7 Å². The third kappa shape index (κ3) is 4.49. The molecule has 0 bridgehead atoms. The van der Waals surface area contributed by atoms with Gasteiger partial charge in [0.05, 0.1) is 23.8 Å². The molecular formula is C20H21F3N4O2. The lowest BCUT2D eigenvalue weighted by Gasteiger charge is -2.25. The van der Waals surface area contributed by atoms with Crippen LogP contribution in [0.15, 0.2) is 30.3 Å². The molecule has 0 aliphatic rings. The summed E-state index contributed by atoms with van der Waals surface area (Å²) in [5.74, 6) is -0.135. The lowest BCUT2D eigenvalue weighted by molar-refractivity contribution is -0.141. The third-order valence-corrected chi connectivity index (χ3v) is 4.52. The van der Waals surface area contributed by atoms with Gasteiger partial charge < -0.3 is 9.64 Å². The Balaban J connectivity index is 2.03. The molecule has 0 N–H and O–H groups in total. The van der Waals surface area contributed by atoms with Gasteiger partial charge in [-0.25, -0.2) is 4.98 Å². The molecule has 1 aromatic carbocycles. The van der Waals surface area contributed by atoms with Crippen LogP contribution in [0.25, 0.3) is 11.0 Å². The largest absolute Gasteiger partial charge is 0.497 e. The molecule has 0 fully saturated rings. The zero-order valence-electron chi connectivity index (χ0n) is 16.5. The van der Waals surface area contributed by atoms with Crippen LogP contribution >= 0.6 is 0 Å². The van der Waals surface area contributed by atoms with Crippen LogP contribution in [0.1, 0.15) is 27.3 Å². The second-order valence-corrected chi connectivity index (χ2v) is 6.84. The monoisotopic (exact) mass is 406 g/mol. The van der Waals surface area contributed by atoms with Gasteiger partial charge >= 0.3 is 6.18 Å². The molecule has 6 nitrogen and oxygen atoms in total. The van der Waals surface area contributed by atoms with Crippen LogP contribution in [0.5, 0.6) is 5.75 Å². The van der Waals surface area contributed by atoms with Crippen LogP contribution in [0.4, 0.5) is 13.2 Å². The van der Waals surface area contributed by atoms with Crippen LogP contribution in [0, 0.1) is 13.8 Å². The van der Waals surface area contributed by atoms with Gasteiger partial charge in [0, 0.05) is 19.3 Å². The molecule has 1 amide bonds. The molecular weight excluding hydrogens is 385 g/mol. The number of pyridine rings is 1. The molecule has 0 aliphatic carbocycles. The Bertz CT molecular complexity index is 1040. The van der Waals surface area contributed by atoms with Crippen molar-refractivity contribution in [2.24, 2.45) is 7.05 Å². The summed E-state index contributed by atoms with van der Waals surface area (Å²) in [7, 11) is 3.18. The van der Waals surface area contributed by atoms with Crippen molar-refractivity contribution in [2.45, 2.75) is 26.6 Å². The van der Waals surface area contributed by atoms with Crippen LogP contribution in [0.2, 0.25) is 0 Å². The van der Waals surface area contributed by atoms with Crippen molar-refractivity contribution in [1.82, 2.24) is 19.7 Å². The summed E-state index contributed by atoms with van der Waals surface area (Å²) in [6.07, 6.45) is -4.53. The zero-order valence-corrected chi connectivity index (χ0v) is 16.5. The Labute approximate surface area is 165 Å². The first-order valence-electron chi connectivity index (χ1n) is 8.89. The van der Waals surface area contributed by atoms with Gasteiger partial charge in [-0.05, 0) is 37.6 Å². The van der Waals surface area contributed by atoms with Gasteiger partial charge in [-0.2, -0.15) is 18.3 Å². The number of carbonyl (C=O) groups is 1. The van der Waals surface area contributed by atoms with Crippen LogP contribution in [0.3, 0.4) is 0 Å². The van der Waals surface area contributed by atoms with E-state index in [1.54, 1.807) is 45.2 Å². The second kappa shape index (κ2) is 7.73. The molecule has 154 valence electrons. The van der Waals surface area contributed by atoms with E-state index in [1.165, 1.54) is 17.9 Å². The number of benzene rings is 1. The average Bonchev–Trinajstić information content (AvgIpc) is 2.93. The Morgan fingerprint density at radius 3 is 2.45 bits per heavy atom. The van der Waals surface area contributed by atoms with Crippen molar-refractivity contribution in [3.8, 4) is 5.75 Å². The number of methoxy groups -OCH3 is 1. The first kappa shape index (κ1) is 20.6. The van der Waals surface area contributed by atoms with Gasteiger partial charge in [-0.1, -0.05) is 12.1 Å². The first-order valence-corrected chi connectivity index (χ1v) is 8.89. The normalized spacial score (nSPS) is 11.7. The van der Waals surface area contributed by atoms with Gasteiger partial charge in [0.1, 0.15) is 12.3 Å². The molecule has 2 heterocycles. The van der Waals surface area contributed by atoms with Crippen molar-refractivity contribution in [3.05, 3.63) is 52.8 Å². The fourth-order valence-corrected chi connectivity index (χ4v) is 3.28. The molecule has 0 unspecified atom stereocenters. The molecule has 0 saturated carbocycles. The van der Waals surface area contributed by atoms with Crippen LogP contribution < -0.4 is 4.74 Å². The Morgan fingerprint density at radius 1 is 1.21 bits per heavy atom. The van der Waals surface area contributed by atoms with Gasteiger partial charge in [-0.15, -0.1) is 0 Å². The number of ether oxygens (including phenoxy) is 1. The number of rotatable bonds is 5. The van der Waals surface area contributed by atoms with Crippen molar-refractivity contribution >= 4 is 16.9 Å². The number of aryl methyl sites for hydroxylation is 3. The smallest absolute Gasteiger partial charge is 0.406 e. The van der Waals surface area contributed by atoms with Crippen molar-refractivity contribution in [3.63, 3.8) is 0 Å². The Morgan fingerprint density at radius 2 is 1.86 bits per heavy atom. The standard InChI is InChI=1S/C20H21F3N4O2/c1-12-9-16(17-13(2)25-26(3)18(17)24-12)19(28)27(11-20(21,22)23)10-14-5-7-15(29-4)8-6-14/h5-9H,10-11H2,1-4H3. The summed E-state index contributed by atoms with van der Waals surface area (Å²) in [5, 5.41) is 4.72. The predicted molar refractivity (Wildman–Crippen MR) is 102 cm³/mol. The van der Waals surface area contributed by atoms with Gasteiger partial charge in [-0.3, -0.25) is 9.48 Å². The minimum atomic E-state index is -4.53. The van der Waals surface area contributed by atoms with Gasteiger partial charge in [0.25, 0.3) is 5.91 Å². The molecule has 29 heavy (non-hydrogen) atoms. The number of halogens is 3. The summed E-state index contributed by atoms with van der Waals surface area (Å²) in [6, 6.07) is 8.07. The van der Waals surface area contributed by atoms with E-state index in [1.807, 2.05) is 0 Å². The van der Waals surface area contributed by atoms with E-state index in [0.717, 1.165) is 4.90 Å². The van der Waals surface area contributed by atoms with Crippen molar-refractivity contribution in [2.75, 3.05) is 13.7 Å². The Hall–Kier alpha value is -3.10. The summed E-state index contributed by atoms with van der Waals surface area (Å²) in [4.78, 5) is 18.4. The number of alkyl halides is 3. The molecule has 9 heteroatoms. The quantitative estimate of drug-likeness (QED) is 0.647. The van der Waals surface area contributed by atoms with Gasteiger partial charge in [0.2, 0.25) is 0 Å². The first-order chi connectivity index (χ1) is 13.6. The van der Waals surface area contributed by atoms with E-state index < -0.39 is 18.6 Å². The molecule has 3 aromatic rings. The van der Waals surface area contributed by atoms with Crippen LogP contribution in [-0.2, 0) is 13.6 Å². The van der Waals surface area contributed by atoms with Crippen molar-refractivity contribution in [1.29, 1.82) is 0 Å². The number of nitrogens with zero attached hydrogens (tertiary/aromatic N) is 4. The summed E-state index contributed by atoms with van der Waals surface area (Å²) >= 11 is 0. The molecule has 2 aromatic heterocycles. The minimum Gasteiger partial charge on any atom is -0.497 e. The Kier molecular flexibility index (Phi) is 5.50. The number of hydrogen-bond donors (Lipinski definition) is 0. The third-order valence-electron chi connectivity index (χ3n) is 4.52. The van der Waals surface area contributed by atoms with E-state index in [2.05, 4.69) is 10.1 Å². The zero-order chi connectivity index (χ0) is 21.3. The molecule has 0 saturated heterocycles. The maximum atomic E-state index is 13.2. The van der Waals surface area contributed by atoms with Gasteiger partial charge in [0.15, 0.2) is 5.65 Å². The second-order valence-electron chi connectivity index (χ2n) is 6.84. The lowest BCUT2D eigenvalue weighted by Crippen LogP contribution is -2.38. The SMILES string of the molecule is COc1ccc(CN(CC(F)(F)F)C(=O)c2cc(C)nc3c2c(C)nn3C)cc1. The minimum absolute atomic E-state index is 0.163. The number of amides is 1. The molecule has 0 spiro atoms. The summed E-state index contributed by atoms with van der Waals surface area (Å²) < 4.78 is 46.3. The fraction of sp³-hybridized carbons (Fsp3) is 0.350. The highest BCUT2D eigenvalue weighted by atomic mass is 19.4. The summed E-state index contributed by atoms with van der Waals surface area (Å²) in [5.41, 5.74) is 2.25. The molecule has 0 atom stereocenters. The highest BCUT2D eigenvalue weighted by Gasteiger charge is 2.34. The van der Waals surface area contributed by atoms with Crippen LogP contribution in [-0.4, -0.2) is 45.4 Å². The highest BCUT2D eigenvalue weighted by Crippen LogP contribution is 2.26. The maximum absolute atomic E-state index is 13.2. The van der Waals surface area contributed by atoms with E-state index in [9.17, 15) is 18.0 Å². The fourth-order valence-electron chi connectivity index (χ4n) is 3.28. The topological polar surface area (TPSA) is 60.2 Å². The van der Waals surface area contributed by atoms with E-state index in [0.29, 0.717) is 33.7 Å². The number of hydrogen-bond acceptors (Lipinski definition) is 4. The number of fused-ring (bicyclic) bond motifs is 1. The predicted octanol–water partition coefficient (Wildman–Crippen LogP) is 3.80. The molecule has 3 rings (SSSR count). The molecule has 0 radical (unpaired) electrons. The number of carbonyl (C=O) groups excluding carboxylic acids is 1.